The van der Waals surface area contributed by atoms with E-state index in [1.807, 2.05) is 6.92 Å². The minimum absolute atomic E-state index is 0.0128. The first-order chi connectivity index (χ1) is 39.0. The minimum Gasteiger partial charge on any atom is -0.490 e. The van der Waals surface area contributed by atoms with Crippen LogP contribution in [0.15, 0.2) is 18.1 Å². The van der Waals surface area contributed by atoms with Crippen molar-refractivity contribution in [3.05, 3.63) is 18.1 Å². The highest BCUT2D eigenvalue weighted by Crippen LogP contribution is 2.18. The molecule has 14 nitrogen and oxygen atoms in total. The van der Waals surface area contributed by atoms with E-state index in [9.17, 15) is 28.8 Å². The Balaban J connectivity index is -0.000000204. The lowest BCUT2D eigenvalue weighted by Crippen LogP contribution is -2.20. The highest BCUT2D eigenvalue weighted by molar-refractivity contribution is 5.54. The van der Waals surface area contributed by atoms with Crippen molar-refractivity contribution in [2.45, 2.75) is 266 Å². The zero-order valence-corrected chi connectivity index (χ0v) is 53.9. The van der Waals surface area contributed by atoms with E-state index in [2.05, 4.69) is 63.6 Å². The van der Waals surface area contributed by atoms with Crippen molar-refractivity contribution in [1.82, 2.24) is 4.90 Å². The second kappa shape index (κ2) is 84.5. The Hall–Kier alpha value is -3.26. The third kappa shape index (κ3) is 83.6. The molecule has 476 valence electrons. The van der Waals surface area contributed by atoms with Gasteiger partial charge in [0.1, 0.15) is 37.0 Å². The van der Waals surface area contributed by atoms with Crippen LogP contribution in [0.25, 0.3) is 0 Å². The molecule has 1 saturated heterocycles. The number of unbranched alkanes of at least 4 members (excludes halogenated alkanes) is 20. The molecule has 0 amide bonds. The van der Waals surface area contributed by atoms with Crippen molar-refractivity contribution in [1.29, 1.82) is 0 Å². The average Bonchev–Trinajstić information content (AvgIpc) is 3.68. The number of hydrogen-bond donors (Lipinski definition) is 0. The maximum absolute atomic E-state index is 10.5. The van der Waals surface area contributed by atoms with E-state index in [-0.39, 0.29) is 17.9 Å². The SMILES string of the molecule is C=C=C(CC(CC=O)CC=O)OCCCCCCCC.CCC(CC=O)CC=O.CCC(COC)COC.CCCCCCCCOC.CCCCCCCCOC.CCCCCCCCOC=O.CN1CCCC(OC=O)CC1. The van der Waals surface area contributed by atoms with Gasteiger partial charge >= 0.3 is 0 Å². The molecule has 0 aromatic heterocycles. The van der Waals surface area contributed by atoms with Gasteiger partial charge in [0, 0.05) is 86.2 Å². The number of allylic oxidation sites excluding steroid dienone is 1. The summed E-state index contributed by atoms with van der Waals surface area (Å²) in [4.78, 5) is 63.0. The summed E-state index contributed by atoms with van der Waals surface area (Å²) in [6.45, 7) is 24.6. The van der Waals surface area contributed by atoms with Gasteiger partial charge < -0.3 is 57.2 Å². The third-order valence-electron chi connectivity index (χ3n) is 13.4. The molecule has 1 aliphatic heterocycles. The molecule has 1 fully saturated rings. The summed E-state index contributed by atoms with van der Waals surface area (Å²) in [6, 6.07) is 0. The summed E-state index contributed by atoms with van der Waals surface area (Å²) in [5.41, 5.74) is 2.77. The Labute approximate surface area is 493 Å². The number of carbonyl (C=O) groups excluding carboxylic acids is 6. The summed E-state index contributed by atoms with van der Waals surface area (Å²) in [6.07, 6.45) is 42.1. The molecule has 1 rings (SSSR count). The van der Waals surface area contributed by atoms with Gasteiger partial charge in [-0.2, -0.15) is 0 Å². The number of likely N-dealkylation sites (tertiary alicyclic amines) is 1. The molecule has 80 heavy (non-hydrogen) atoms. The zero-order chi connectivity index (χ0) is 61.1. The van der Waals surface area contributed by atoms with E-state index in [1.165, 1.54) is 141 Å². The fraction of sp³-hybridized carbons (Fsp3) is 0.864. The van der Waals surface area contributed by atoms with Gasteiger partial charge in [-0.05, 0) is 76.8 Å². The zero-order valence-electron chi connectivity index (χ0n) is 53.9. The van der Waals surface area contributed by atoms with Crippen molar-refractivity contribution in [3.63, 3.8) is 0 Å². The second-order valence-corrected chi connectivity index (χ2v) is 20.7. The van der Waals surface area contributed by atoms with E-state index in [4.69, 9.17) is 28.4 Å². The monoisotopic (exact) mass is 1140 g/mol. The van der Waals surface area contributed by atoms with Crippen LogP contribution in [0.2, 0.25) is 0 Å². The molecule has 0 aromatic rings. The van der Waals surface area contributed by atoms with Gasteiger partial charge in [-0.1, -0.05) is 189 Å². The highest BCUT2D eigenvalue weighted by Gasteiger charge is 2.15. The van der Waals surface area contributed by atoms with Crippen molar-refractivity contribution < 1.29 is 61.9 Å². The fourth-order valence-corrected chi connectivity index (χ4v) is 8.01. The highest BCUT2D eigenvalue weighted by atomic mass is 16.5. The quantitative estimate of drug-likeness (QED) is 0.0244. The number of rotatable bonds is 48. The van der Waals surface area contributed by atoms with Crippen LogP contribution in [0.5, 0.6) is 0 Å². The maximum Gasteiger partial charge on any atom is 0.293 e. The fourth-order valence-electron chi connectivity index (χ4n) is 8.01. The Kier molecular flexibility index (Phi) is 93.0. The summed E-state index contributed by atoms with van der Waals surface area (Å²) >= 11 is 0. The van der Waals surface area contributed by atoms with Crippen molar-refractivity contribution in [3.8, 4) is 0 Å². The Morgan fingerprint density at radius 3 is 1.21 bits per heavy atom. The van der Waals surface area contributed by atoms with E-state index >= 15 is 0 Å². The lowest BCUT2D eigenvalue weighted by Gasteiger charge is -2.13. The molecule has 1 atom stereocenters. The third-order valence-corrected chi connectivity index (χ3v) is 13.4. The molecule has 0 aromatic carbocycles. The second-order valence-electron chi connectivity index (χ2n) is 20.7. The van der Waals surface area contributed by atoms with Crippen LogP contribution < -0.4 is 0 Å². The molecule has 0 saturated carbocycles. The lowest BCUT2D eigenvalue weighted by molar-refractivity contribution is -0.134. The first kappa shape index (κ1) is 88.0. The minimum atomic E-state index is 0.0128. The standard InChI is InChI=1S/C17H28O3.C9H18O2.2C9H20O.C8H15NO2.C7H16O2.C7H12O2/c1-3-5-6-7-8-9-14-20-17(4-2)15-16(10-12-18)11-13-19;1-2-3-4-5-6-7-8-11-9-10;2*1-3-4-5-6-7-8-9-10-2;1-9-5-2-3-8(4-6-9)11-7-10;1-4-7(5-8-2)6-9-3;1-2-7(3-5-8)4-6-9/h12-13,16H,2-3,5-11,14-15H2,1H3;9H,2-8H2,1H3;2*3-9H2,1-2H3;7-8H,2-6H2,1H3;7H,4-6H2,1-3H3;5-7H,2-4H2,1H3. The van der Waals surface area contributed by atoms with E-state index in [0.717, 1.165) is 110 Å². The summed E-state index contributed by atoms with van der Waals surface area (Å²) in [5.74, 6) is 1.53. The van der Waals surface area contributed by atoms with Crippen LogP contribution in [0.4, 0.5) is 0 Å². The van der Waals surface area contributed by atoms with Gasteiger partial charge in [-0.15, -0.1) is 0 Å². The first-order valence-electron chi connectivity index (χ1n) is 31.6. The predicted molar refractivity (Wildman–Crippen MR) is 332 cm³/mol. The maximum atomic E-state index is 10.5. The van der Waals surface area contributed by atoms with E-state index < -0.39 is 0 Å². The molecule has 1 aliphatic rings. The van der Waals surface area contributed by atoms with Crippen LogP contribution in [0, 0.1) is 17.8 Å². The molecule has 0 N–H and O–H groups in total. The van der Waals surface area contributed by atoms with Crippen molar-refractivity contribution in [2.75, 3.05) is 88.2 Å². The molecule has 14 heteroatoms. The largest absolute Gasteiger partial charge is 0.490 e. The normalized spacial score (nSPS) is 12.4. The summed E-state index contributed by atoms with van der Waals surface area (Å²) < 4.78 is 34.9. The van der Waals surface area contributed by atoms with Crippen LogP contribution in [0.1, 0.15) is 260 Å². The van der Waals surface area contributed by atoms with E-state index in [1.54, 1.807) is 28.4 Å². The first-order valence-corrected chi connectivity index (χ1v) is 31.6. The molecule has 0 bridgehead atoms. The topological polar surface area (TPSA) is 170 Å². The van der Waals surface area contributed by atoms with Gasteiger partial charge in [0.25, 0.3) is 12.9 Å². The smallest absolute Gasteiger partial charge is 0.293 e. The van der Waals surface area contributed by atoms with Crippen molar-refractivity contribution >= 4 is 38.1 Å². The van der Waals surface area contributed by atoms with Crippen LogP contribution in [-0.2, 0) is 61.9 Å². The van der Waals surface area contributed by atoms with Crippen molar-refractivity contribution in [2.24, 2.45) is 17.8 Å². The Morgan fingerprint density at radius 1 is 0.475 bits per heavy atom. The van der Waals surface area contributed by atoms with Crippen LogP contribution in [0.3, 0.4) is 0 Å². The molecule has 1 heterocycles. The Bertz CT molecular complexity index is 1190. The molecular formula is C66H129NO13. The number of carbonyl (C=O) groups is 6. The summed E-state index contributed by atoms with van der Waals surface area (Å²) in [7, 11) is 9.08. The van der Waals surface area contributed by atoms with Gasteiger partial charge in [0.2, 0.25) is 0 Å². The number of aldehydes is 4. The number of ether oxygens (including phenoxy) is 7. The molecule has 1 unspecified atom stereocenters. The van der Waals surface area contributed by atoms with Gasteiger partial charge in [-0.25, -0.2) is 0 Å². The molecule has 0 radical (unpaired) electrons. The number of nitrogens with zero attached hydrogens (tertiary/aromatic N) is 1. The average molecular weight is 1140 g/mol. The molecular weight excluding hydrogens is 1010 g/mol. The molecule has 0 aliphatic carbocycles. The van der Waals surface area contributed by atoms with Crippen LogP contribution >= 0.6 is 0 Å². The number of hydrogen-bond acceptors (Lipinski definition) is 14. The lowest BCUT2D eigenvalue weighted by atomic mass is 9.98. The predicted octanol–water partition coefficient (Wildman–Crippen LogP) is 15.9. The molecule has 0 spiro atoms. The van der Waals surface area contributed by atoms with E-state index in [0.29, 0.717) is 69.9 Å². The van der Waals surface area contributed by atoms with Gasteiger partial charge in [0.15, 0.2) is 0 Å². The van der Waals surface area contributed by atoms with Gasteiger partial charge in [0.05, 0.1) is 26.4 Å². The Morgan fingerprint density at radius 2 is 0.863 bits per heavy atom. The number of methoxy groups -OCH3 is 4. The summed E-state index contributed by atoms with van der Waals surface area (Å²) in [5, 5.41) is 0. The van der Waals surface area contributed by atoms with Gasteiger partial charge in [-0.3, -0.25) is 9.59 Å². The van der Waals surface area contributed by atoms with Crippen LogP contribution in [-0.4, -0.2) is 137 Å².